The number of nitrogens with one attached hydrogen (secondary N) is 1. The number of hydrogen-bond donors (Lipinski definition) is 1. The minimum absolute atomic E-state index is 0.00475. The molecule has 2 rings (SSSR count). The second-order valence-electron chi connectivity index (χ2n) is 3.76. The summed E-state index contributed by atoms with van der Waals surface area (Å²) in [4.78, 5) is 11.5. The van der Waals surface area contributed by atoms with Crippen LogP contribution in [-0.2, 0) is 4.79 Å². The molecule has 1 aromatic rings. The number of methoxy groups -OCH3 is 2. The Morgan fingerprint density at radius 1 is 1.29 bits per heavy atom. The van der Waals surface area contributed by atoms with Crippen molar-refractivity contribution in [3.05, 3.63) is 29.3 Å². The maximum absolute atomic E-state index is 11.5. The highest BCUT2D eigenvalue weighted by molar-refractivity contribution is 6.00. The summed E-state index contributed by atoms with van der Waals surface area (Å²) in [6.45, 7) is 0.705. The summed E-state index contributed by atoms with van der Waals surface area (Å²) in [5, 5.41) is 2.78. The molecule has 0 spiro atoms. The van der Waals surface area contributed by atoms with E-state index >= 15 is 0 Å². The largest absolute Gasteiger partial charge is 0.493 e. The molecule has 1 aliphatic heterocycles. The molecule has 0 saturated carbocycles. The lowest BCUT2D eigenvalue weighted by Gasteiger charge is -2.10. The lowest BCUT2D eigenvalue weighted by Crippen LogP contribution is -2.14. The van der Waals surface area contributed by atoms with Crippen LogP contribution in [0.5, 0.6) is 11.5 Å². The van der Waals surface area contributed by atoms with Gasteiger partial charge in [0.25, 0.3) is 0 Å². The smallest absolute Gasteiger partial charge is 0.247 e. The van der Waals surface area contributed by atoms with Crippen LogP contribution in [0.1, 0.15) is 12.0 Å². The van der Waals surface area contributed by atoms with Gasteiger partial charge in [0, 0.05) is 17.7 Å². The van der Waals surface area contributed by atoms with E-state index in [0.29, 0.717) is 18.0 Å². The number of benzene rings is 1. The van der Waals surface area contributed by atoms with Gasteiger partial charge in [0.1, 0.15) is 0 Å². The van der Waals surface area contributed by atoms with Crippen molar-refractivity contribution < 1.29 is 14.3 Å². The highest BCUT2D eigenvalue weighted by atomic mass is 16.5. The van der Waals surface area contributed by atoms with E-state index < -0.39 is 0 Å². The topological polar surface area (TPSA) is 47.6 Å². The summed E-state index contributed by atoms with van der Waals surface area (Å²) in [6.07, 6.45) is 2.60. The van der Waals surface area contributed by atoms with E-state index in [0.717, 1.165) is 17.6 Å². The molecular formula is C13H15NO3. The number of carbonyl (C=O) groups excluding carboxylic acids is 1. The van der Waals surface area contributed by atoms with Crippen molar-refractivity contribution in [2.75, 3.05) is 20.8 Å². The maximum atomic E-state index is 11.5. The summed E-state index contributed by atoms with van der Waals surface area (Å²) in [6, 6.07) is 5.61. The molecule has 1 saturated heterocycles. The van der Waals surface area contributed by atoms with Gasteiger partial charge in [-0.1, -0.05) is 12.1 Å². The van der Waals surface area contributed by atoms with Crippen LogP contribution in [0.4, 0.5) is 0 Å². The molecule has 1 amide bonds. The Morgan fingerprint density at radius 3 is 2.71 bits per heavy atom. The molecule has 90 valence electrons. The van der Waals surface area contributed by atoms with Crippen molar-refractivity contribution in [1.82, 2.24) is 5.32 Å². The number of rotatable bonds is 3. The third-order valence-corrected chi connectivity index (χ3v) is 2.73. The van der Waals surface area contributed by atoms with Crippen LogP contribution in [0.25, 0.3) is 6.08 Å². The number of amides is 1. The van der Waals surface area contributed by atoms with Gasteiger partial charge in [0.2, 0.25) is 5.91 Å². The number of carbonyl (C=O) groups is 1. The van der Waals surface area contributed by atoms with Crippen LogP contribution in [0.2, 0.25) is 0 Å². The SMILES string of the molecule is COc1cccc(/C=C2/CCNC2=O)c1OC. The molecule has 0 aromatic heterocycles. The van der Waals surface area contributed by atoms with Gasteiger partial charge in [-0.2, -0.15) is 0 Å². The first-order valence-corrected chi connectivity index (χ1v) is 5.46. The average molecular weight is 233 g/mol. The first-order valence-electron chi connectivity index (χ1n) is 5.46. The molecule has 0 bridgehead atoms. The quantitative estimate of drug-likeness (QED) is 0.807. The number of ether oxygens (including phenoxy) is 2. The Balaban J connectivity index is 2.41. The molecule has 0 atom stereocenters. The van der Waals surface area contributed by atoms with Gasteiger partial charge in [-0.15, -0.1) is 0 Å². The van der Waals surface area contributed by atoms with Crippen LogP contribution in [0.15, 0.2) is 23.8 Å². The van der Waals surface area contributed by atoms with Crippen LogP contribution >= 0.6 is 0 Å². The van der Waals surface area contributed by atoms with Gasteiger partial charge in [0.15, 0.2) is 11.5 Å². The number of hydrogen-bond acceptors (Lipinski definition) is 3. The van der Waals surface area contributed by atoms with E-state index in [1.54, 1.807) is 14.2 Å². The first kappa shape index (κ1) is 11.5. The molecule has 1 fully saturated rings. The highest BCUT2D eigenvalue weighted by Crippen LogP contribution is 2.32. The standard InChI is InChI=1S/C13H15NO3/c1-16-11-5-3-4-9(12(11)17-2)8-10-6-7-14-13(10)15/h3-5,8H,6-7H2,1-2H3,(H,14,15)/b10-8-. The van der Waals surface area contributed by atoms with Crippen molar-refractivity contribution in [3.8, 4) is 11.5 Å². The maximum Gasteiger partial charge on any atom is 0.247 e. The summed E-state index contributed by atoms with van der Waals surface area (Å²) in [5.41, 5.74) is 1.63. The molecule has 1 aliphatic rings. The normalized spacial score (nSPS) is 17.1. The zero-order valence-corrected chi connectivity index (χ0v) is 9.95. The molecule has 4 nitrogen and oxygen atoms in total. The monoisotopic (exact) mass is 233 g/mol. The van der Waals surface area contributed by atoms with E-state index in [-0.39, 0.29) is 5.91 Å². The Morgan fingerprint density at radius 2 is 2.12 bits per heavy atom. The lowest BCUT2D eigenvalue weighted by molar-refractivity contribution is -0.116. The highest BCUT2D eigenvalue weighted by Gasteiger charge is 2.17. The molecule has 0 aliphatic carbocycles. The van der Waals surface area contributed by atoms with E-state index in [2.05, 4.69) is 5.32 Å². The first-order chi connectivity index (χ1) is 8.26. The predicted octanol–water partition coefficient (Wildman–Crippen LogP) is 1.61. The van der Waals surface area contributed by atoms with E-state index in [4.69, 9.17) is 9.47 Å². The fourth-order valence-electron chi connectivity index (χ4n) is 1.89. The van der Waals surface area contributed by atoms with Gasteiger partial charge in [0.05, 0.1) is 14.2 Å². The van der Waals surface area contributed by atoms with Crippen molar-refractivity contribution >= 4 is 12.0 Å². The zero-order valence-electron chi connectivity index (χ0n) is 9.95. The minimum atomic E-state index is -0.00475. The van der Waals surface area contributed by atoms with Crippen LogP contribution in [0, 0.1) is 0 Å². The van der Waals surface area contributed by atoms with Crippen molar-refractivity contribution in [2.45, 2.75) is 6.42 Å². The minimum Gasteiger partial charge on any atom is -0.493 e. The van der Waals surface area contributed by atoms with Crippen LogP contribution in [-0.4, -0.2) is 26.7 Å². The third-order valence-electron chi connectivity index (χ3n) is 2.73. The van der Waals surface area contributed by atoms with E-state index in [1.165, 1.54) is 0 Å². The fraction of sp³-hybridized carbons (Fsp3) is 0.308. The predicted molar refractivity (Wildman–Crippen MR) is 65.1 cm³/mol. The van der Waals surface area contributed by atoms with Crippen molar-refractivity contribution in [1.29, 1.82) is 0 Å². The summed E-state index contributed by atoms with van der Waals surface area (Å²) in [5.74, 6) is 1.32. The molecule has 17 heavy (non-hydrogen) atoms. The Kier molecular flexibility index (Phi) is 3.32. The second-order valence-corrected chi connectivity index (χ2v) is 3.76. The molecule has 1 aromatic carbocycles. The summed E-state index contributed by atoms with van der Waals surface area (Å²) < 4.78 is 10.5. The van der Waals surface area contributed by atoms with Gasteiger partial charge >= 0.3 is 0 Å². The van der Waals surface area contributed by atoms with Crippen LogP contribution in [0.3, 0.4) is 0 Å². The fourth-order valence-corrected chi connectivity index (χ4v) is 1.89. The summed E-state index contributed by atoms with van der Waals surface area (Å²) in [7, 11) is 3.19. The lowest BCUT2D eigenvalue weighted by atomic mass is 10.1. The molecule has 4 heteroatoms. The Labute approximate surface area is 100 Å². The molecule has 1 N–H and O–H groups in total. The molecular weight excluding hydrogens is 218 g/mol. The molecule has 1 heterocycles. The van der Waals surface area contributed by atoms with Crippen LogP contribution < -0.4 is 14.8 Å². The van der Waals surface area contributed by atoms with E-state index in [9.17, 15) is 4.79 Å². The third kappa shape index (κ3) is 2.25. The second kappa shape index (κ2) is 4.91. The van der Waals surface area contributed by atoms with Gasteiger partial charge in [-0.05, 0) is 18.6 Å². The number of para-hydroxylation sites is 1. The average Bonchev–Trinajstić information content (AvgIpc) is 2.74. The van der Waals surface area contributed by atoms with Gasteiger partial charge in [-0.3, -0.25) is 4.79 Å². The molecule has 0 radical (unpaired) electrons. The zero-order chi connectivity index (χ0) is 12.3. The van der Waals surface area contributed by atoms with Crippen molar-refractivity contribution in [2.24, 2.45) is 0 Å². The summed E-state index contributed by atoms with van der Waals surface area (Å²) >= 11 is 0. The van der Waals surface area contributed by atoms with Gasteiger partial charge in [-0.25, -0.2) is 0 Å². The van der Waals surface area contributed by atoms with Gasteiger partial charge < -0.3 is 14.8 Å². The Bertz CT molecular complexity index is 466. The van der Waals surface area contributed by atoms with E-state index in [1.807, 2.05) is 24.3 Å². The molecule has 0 unspecified atom stereocenters. The van der Waals surface area contributed by atoms with Crippen molar-refractivity contribution in [3.63, 3.8) is 0 Å². The Hall–Kier alpha value is -1.97.